The molecule has 0 spiro atoms. The van der Waals surface area contributed by atoms with Crippen LogP contribution in [-0.4, -0.2) is 21.2 Å². The van der Waals surface area contributed by atoms with Gasteiger partial charge < -0.3 is 10.2 Å². The third-order valence-corrected chi connectivity index (χ3v) is 4.97. The van der Waals surface area contributed by atoms with Crippen LogP contribution in [0.3, 0.4) is 0 Å². The van der Waals surface area contributed by atoms with Crippen molar-refractivity contribution in [1.82, 2.24) is 4.90 Å². The first-order valence-corrected chi connectivity index (χ1v) is 7.51. The van der Waals surface area contributed by atoms with E-state index in [4.69, 9.17) is 0 Å². The molecule has 2 aliphatic rings. The van der Waals surface area contributed by atoms with Gasteiger partial charge in [0.25, 0.3) is 0 Å². The summed E-state index contributed by atoms with van der Waals surface area (Å²) in [5.41, 5.74) is 4.89. The number of phenolic OH excluding ortho intramolecular Hbond substituents is 2. The molecule has 0 aromatic heterocycles. The van der Waals surface area contributed by atoms with E-state index in [0.717, 1.165) is 24.9 Å². The average molecular weight is 362 g/mol. The maximum absolute atomic E-state index is 10.1. The van der Waals surface area contributed by atoms with Crippen molar-refractivity contribution in [2.45, 2.75) is 38.4 Å². The summed E-state index contributed by atoms with van der Waals surface area (Å²) >= 11 is 0. The number of rotatable bonds is 0. The predicted octanol–water partition coefficient (Wildman–Crippen LogP) is 3.72. The van der Waals surface area contributed by atoms with Gasteiger partial charge in [0, 0.05) is 24.2 Å². The maximum Gasteiger partial charge on any atom is 0.120 e. The van der Waals surface area contributed by atoms with Crippen molar-refractivity contribution in [3.63, 3.8) is 0 Å². The van der Waals surface area contributed by atoms with E-state index in [-0.39, 0.29) is 17.0 Å². The molecule has 4 heteroatoms. The average Bonchev–Trinajstić information content (AvgIpc) is 2.46. The Morgan fingerprint density at radius 1 is 1.05 bits per heavy atom. The van der Waals surface area contributed by atoms with Crippen LogP contribution in [0.5, 0.6) is 11.5 Å². The molecule has 0 radical (unpaired) electrons. The van der Waals surface area contributed by atoms with Crippen LogP contribution < -0.4 is 0 Å². The molecule has 2 unspecified atom stereocenters. The van der Waals surface area contributed by atoms with Crippen molar-refractivity contribution in [3.8, 4) is 11.5 Å². The van der Waals surface area contributed by atoms with E-state index in [0.29, 0.717) is 23.6 Å². The molecule has 0 fully saturated rings. The fourth-order valence-corrected chi connectivity index (χ4v) is 3.89. The first-order valence-electron chi connectivity index (χ1n) is 7.51. The number of fused-ring (bicyclic) bond motifs is 4. The first-order chi connectivity index (χ1) is 10.1. The van der Waals surface area contributed by atoms with E-state index < -0.39 is 0 Å². The molecular formula is C18H20BrNO2. The lowest BCUT2D eigenvalue weighted by Gasteiger charge is -2.45. The number of benzene rings is 2. The van der Waals surface area contributed by atoms with Gasteiger partial charge in [0.1, 0.15) is 11.5 Å². The Kier molecular flexibility index (Phi) is 3.91. The van der Waals surface area contributed by atoms with Crippen LogP contribution in [0.1, 0.15) is 35.2 Å². The van der Waals surface area contributed by atoms with E-state index in [9.17, 15) is 10.2 Å². The minimum Gasteiger partial charge on any atom is -0.508 e. The van der Waals surface area contributed by atoms with Crippen molar-refractivity contribution >= 4 is 17.0 Å². The van der Waals surface area contributed by atoms with E-state index in [2.05, 4.69) is 24.0 Å². The molecule has 0 bridgehead atoms. The summed E-state index contributed by atoms with van der Waals surface area (Å²) < 4.78 is 0. The zero-order valence-corrected chi connectivity index (χ0v) is 14.2. The minimum atomic E-state index is 0. The molecule has 0 aliphatic carbocycles. The van der Waals surface area contributed by atoms with Gasteiger partial charge in [-0.15, -0.1) is 17.0 Å². The van der Waals surface area contributed by atoms with Crippen LogP contribution in [0.4, 0.5) is 0 Å². The molecule has 0 amide bonds. The predicted molar refractivity (Wildman–Crippen MR) is 91.7 cm³/mol. The van der Waals surface area contributed by atoms with E-state index in [1.165, 1.54) is 16.7 Å². The van der Waals surface area contributed by atoms with Crippen molar-refractivity contribution in [1.29, 1.82) is 0 Å². The highest BCUT2D eigenvalue weighted by Crippen LogP contribution is 2.42. The maximum atomic E-state index is 10.1. The topological polar surface area (TPSA) is 43.7 Å². The summed E-state index contributed by atoms with van der Waals surface area (Å²) in [7, 11) is 0. The van der Waals surface area contributed by atoms with Gasteiger partial charge in [0.2, 0.25) is 0 Å². The van der Waals surface area contributed by atoms with Gasteiger partial charge in [0.05, 0.1) is 0 Å². The van der Waals surface area contributed by atoms with Crippen LogP contribution in [0, 0.1) is 0 Å². The Bertz CT molecular complexity index is 716. The summed E-state index contributed by atoms with van der Waals surface area (Å²) in [4.78, 5) is 2.47. The highest BCUT2D eigenvalue weighted by Gasteiger charge is 2.36. The lowest BCUT2D eigenvalue weighted by molar-refractivity contribution is 0.104. The van der Waals surface area contributed by atoms with Gasteiger partial charge in [-0.2, -0.15) is 0 Å². The van der Waals surface area contributed by atoms with Crippen molar-refractivity contribution in [3.05, 3.63) is 58.7 Å². The highest BCUT2D eigenvalue weighted by molar-refractivity contribution is 8.93. The van der Waals surface area contributed by atoms with Crippen LogP contribution in [0.25, 0.3) is 0 Å². The zero-order chi connectivity index (χ0) is 14.6. The molecule has 2 aromatic rings. The van der Waals surface area contributed by atoms with Crippen LogP contribution in [-0.2, 0) is 19.4 Å². The van der Waals surface area contributed by atoms with E-state index in [1.54, 1.807) is 12.1 Å². The van der Waals surface area contributed by atoms with Crippen LogP contribution in [0.2, 0.25) is 0 Å². The largest absolute Gasteiger partial charge is 0.508 e. The summed E-state index contributed by atoms with van der Waals surface area (Å²) in [5.74, 6) is 0.762. The van der Waals surface area contributed by atoms with Crippen molar-refractivity contribution in [2.75, 3.05) is 0 Å². The molecule has 4 rings (SSSR count). The molecule has 2 atom stereocenters. The molecule has 2 aliphatic heterocycles. The van der Waals surface area contributed by atoms with Gasteiger partial charge in [-0.3, -0.25) is 4.90 Å². The summed E-state index contributed by atoms with van der Waals surface area (Å²) in [6.07, 6.45) is 1.87. The standard InChI is InChI=1S/C18H19NO2.BrH/c1-11-7-13-8-14(20)5-6-15(13)17-9-12-3-2-4-18(21)16(12)10-19(11)17;/h2-6,8,11,17,20-21H,7,9-10H2,1H3;1H. The second-order valence-corrected chi connectivity index (χ2v) is 6.24. The minimum absolute atomic E-state index is 0. The zero-order valence-electron chi connectivity index (χ0n) is 12.5. The quantitative estimate of drug-likeness (QED) is 0.751. The lowest BCUT2D eigenvalue weighted by Crippen LogP contribution is -2.44. The molecule has 116 valence electrons. The van der Waals surface area contributed by atoms with Crippen molar-refractivity contribution < 1.29 is 10.2 Å². The molecular weight excluding hydrogens is 342 g/mol. The second-order valence-electron chi connectivity index (χ2n) is 6.24. The third-order valence-electron chi connectivity index (χ3n) is 4.97. The Morgan fingerprint density at radius 2 is 1.86 bits per heavy atom. The fraction of sp³-hybridized carbons (Fsp3) is 0.333. The highest BCUT2D eigenvalue weighted by atomic mass is 79.9. The number of phenols is 2. The Morgan fingerprint density at radius 3 is 2.68 bits per heavy atom. The van der Waals surface area contributed by atoms with Crippen LogP contribution >= 0.6 is 17.0 Å². The number of hydrogen-bond donors (Lipinski definition) is 2. The molecule has 3 nitrogen and oxygen atoms in total. The molecule has 0 saturated carbocycles. The lowest BCUT2D eigenvalue weighted by atomic mass is 9.81. The molecule has 2 heterocycles. The SMILES string of the molecule is Br.CC1Cc2cc(O)ccc2C2Cc3cccc(O)c3CN12. The number of hydrogen-bond acceptors (Lipinski definition) is 3. The van der Waals surface area contributed by atoms with Gasteiger partial charge in [-0.1, -0.05) is 18.2 Å². The molecule has 0 saturated heterocycles. The third kappa shape index (κ3) is 2.31. The summed E-state index contributed by atoms with van der Waals surface area (Å²) in [5, 5.41) is 19.8. The Hall–Kier alpha value is -1.52. The number of nitrogens with zero attached hydrogens (tertiary/aromatic N) is 1. The van der Waals surface area contributed by atoms with Gasteiger partial charge in [0.15, 0.2) is 0 Å². The summed E-state index contributed by atoms with van der Waals surface area (Å²) in [6.45, 7) is 3.03. The van der Waals surface area contributed by atoms with E-state index >= 15 is 0 Å². The smallest absolute Gasteiger partial charge is 0.120 e. The number of halogens is 1. The first kappa shape index (κ1) is 15.4. The van der Waals surface area contributed by atoms with Gasteiger partial charge in [-0.25, -0.2) is 0 Å². The van der Waals surface area contributed by atoms with Crippen LogP contribution in [0.15, 0.2) is 36.4 Å². The van der Waals surface area contributed by atoms with Gasteiger partial charge >= 0.3 is 0 Å². The normalized spacial score (nSPS) is 23.0. The van der Waals surface area contributed by atoms with E-state index in [1.807, 2.05) is 12.1 Å². The van der Waals surface area contributed by atoms with Gasteiger partial charge in [-0.05, 0) is 54.7 Å². The summed E-state index contributed by atoms with van der Waals surface area (Å²) in [6, 6.07) is 12.3. The monoisotopic (exact) mass is 361 g/mol. The molecule has 22 heavy (non-hydrogen) atoms. The number of aromatic hydroxyl groups is 2. The Labute approximate surface area is 141 Å². The van der Waals surface area contributed by atoms with Crippen molar-refractivity contribution in [2.24, 2.45) is 0 Å². The Balaban J connectivity index is 0.00000144. The fourth-order valence-electron chi connectivity index (χ4n) is 3.89. The molecule has 2 N–H and O–H groups in total. The molecule has 2 aromatic carbocycles. The second kappa shape index (κ2) is 5.60.